The van der Waals surface area contributed by atoms with E-state index in [0.717, 1.165) is 16.5 Å². The topological polar surface area (TPSA) is 75.7 Å². The molecule has 3 rings (SSSR count). The number of hydrogen-bond donors (Lipinski definition) is 2. The van der Waals surface area contributed by atoms with Gasteiger partial charge in [-0.15, -0.1) is 0 Å². The number of hydrogen-bond acceptors (Lipinski definition) is 4. The third-order valence-electron chi connectivity index (χ3n) is 3.39. The summed E-state index contributed by atoms with van der Waals surface area (Å²) in [6.07, 6.45) is 3.60. The molecule has 1 aromatic heterocycles. The summed E-state index contributed by atoms with van der Waals surface area (Å²) < 4.78 is 10.8. The highest BCUT2D eigenvalue weighted by Gasteiger charge is 2.33. The zero-order chi connectivity index (χ0) is 14.7. The molecule has 6 heteroatoms. The smallest absolute Gasteiger partial charge is 0.245 e. The highest BCUT2D eigenvalue weighted by atomic mass is 16.7. The normalized spacial score (nSPS) is 17.6. The SMILES string of the molecule is CC1(CC(=O)NN=Cc2c[nH]c3ccccc23)OCCO1. The maximum atomic E-state index is 11.8. The molecule has 0 unspecified atom stereocenters. The number of nitrogens with one attached hydrogen (secondary N) is 2. The van der Waals surface area contributed by atoms with Gasteiger partial charge in [-0.3, -0.25) is 4.79 Å². The molecule has 2 aromatic rings. The number of benzene rings is 1. The molecule has 0 saturated carbocycles. The van der Waals surface area contributed by atoms with Crippen molar-refractivity contribution in [2.24, 2.45) is 5.10 Å². The van der Waals surface area contributed by atoms with Gasteiger partial charge in [-0.1, -0.05) is 18.2 Å². The summed E-state index contributed by atoms with van der Waals surface area (Å²) in [6.45, 7) is 2.79. The van der Waals surface area contributed by atoms with Crippen LogP contribution in [0.2, 0.25) is 0 Å². The van der Waals surface area contributed by atoms with E-state index in [9.17, 15) is 4.79 Å². The predicted molar refractivity (Wildman–Crippen MR) is 79.0 cm³/mol. The van der Waals surface area contributed by atoms with Gasteiger partial charge in [-0.2, -0.15) is 5.10 Å². The Kier molecular flexibility index (Phi) is 3.72. The molecule has 1 aliphatic heterocycles. The van der Waals surface area contributed by atoms with Gasteiger partial charge in [-0.05, 0) is 13.0 Å². The number of carbonyl (C=O) groups excluding carboxylic acids is 1. The van der Waals surface area contributed by atoms with Crippen molar-refractivity contribution in [2.75, 3.05) is 13.2 Å². The molecule has 6 nitrogen and oxygen atoms in total. The van der Waals surface area contributed by atoms with Crippen molar-refractivity contribution in [3.05, 3.63) is 36.0 Å². The van der Waals surface area contributed by atoms with Crippen LogP contribution in [0.1, 0.15) is 18.9 Å². The van der Waals surface area contributed by atoms with Gasteiger partial charge < -0.3 is 14.5 Å². The molecule has 0 bridgehead atoms. The van der Waals surface area contributed by atoms with Gasteiger partial charge in [0, 0.05) is 22.7 Å². The fraction of sp³-hybridized carbons (Fsp3) is 0.333. The summed E-state index contributed by atoms with van der Waals surface area (Å²) in [5.74, 6) is -1.07. The standard InChI is InChI=1S/C15H17N3O3/c1-15(20-6-7-21-15)8-14(19)18-17-10-11-9-16-13-5-3-2-4-12(11)13/h2-5,9-10,16H,6-8H2,1H3,(H,18,19). The molecule has 1 amide bonds. The summed E-state index contributed by atoms with van der Waals surface area (Å²) in [4.78, 5) is 15.0. The second-order valence-corrected chi connectivity index (χ2v) is 5.09. The number of rotatable bonds is 4. The first-order valence-electron chi connectivity index (χ1n) is 6.82. The zero-order valence-electron chi connectivity index (χ0n) is 11.8. The number of carbonyl (C=O) groups is 1. The van der Waals surface area contributed by atoms with Crippen molar-refractivity contribution in [3.63, 3.8) is 0 Å². The lowest BCUT2D eigenvalue weighted by Gasteiger charge is -2.20. The zero-order valence-corrected chi connectivity index (χ0v) is 11.8. The van der Waals surface area contributed by atoms with Gasteiger partial charge in [0.05, 0.1) is 25.8 Å². The minimum atomic E-state index is -0.833. The first kappa shape index (κ1) is 13.8. The maximum absolute atomic E-state index is 11.8. The maximum Gasteiger partial charge on any atom is 0.245 e. The molecule has 0 radical (unpaired) electrons. The average molecular weight is 287 g/mol. The number of H-pyrrole nitrogens is 1. The molecule has 110 valence electrons. The summed E-state index contributed by atoms with van der Waals surface area (Å²) in [7, 11) is 0. The summed E-state index contributed by atoms with van der Waals surface area (Å²) in [5, 5.41) is 5.04. The third kappa shape index (κ3) is 3.12. The molecular weight excluding hydrogens is 270 g/mol. The number of nitrogens with zero attached hydrogens (tertiary/aromatic N) is 1. The molecule has 2 heterocycles. The Bertz CT molecular complexity index is 672. The van der Waals surface area contributed by atoms with Crippen LogP contribution < -0.4 is 5.43 Å². The minimum Gasteiger partial charge on any atom is -0.361 e. The van der Waals surface area contributed by atoms with Crippen LogP contribution in [0, 0.1) is 0 Å². The van der Waals surface area contributed by atoms with Crippen molar-refractivity contribution in [1.82, 2.24) is 10.4 Å². The Morgan fingerprint density at radius 2 is 2.19 bits per heavy atom. The molecule has 0 atom stereocenters. The molecule has 1 fully saturated rings. The van der Waals surface area contributed by atoms with Crippen LogP contribution in [0.3, 0.4) is 0 Å². The monoisotopic (exact) mass is 287 g/mol. The van der Waals surface area contributed by atoms with E-state index in [1.807, 2.05) is 30.5 Å². The second kappa shape index (κ2) is 5.67. The van der Waals surface area contributed by atoms with Crippen molar-refractivity contribution >= 4 is 23.0 Å². The Hall–Kier alpha value is -2.18. The van der Waals surface area contributed by atoms with Crippen LogP contribution in [0.5, 0.6) is 0 Å². The Labute approximate surface area is 122 Å². The van der Waals surface area contributed by atoms with Crippen LogP contribution in [0.4, 0.5) is 0 Å². The van der Waals surface area contributed by atoms with Crippen molar-refractivity contribution in [1.29, 1.82) is 0 Å². The molecule has 1 aromatic carbocycles. The Morgan fingerprint density at radius 1 is 1.43 bits per heavy atom. The highest BCUT2D eigenvalue weighted by Crippen LogP contribution is 2.22. The van der Waals surface area contributed by atoms with Crippen LogP contribution in [-0.4, -0.2) is 36.1 Å². The van der Waals surface area contributed by atoms with E-state index >= 15 is 0 Å². The number of aromatic amines is 1. The van der Waals surface area contributed by atoms with Crippen molar-refractivity contribution in [3.8, 4) is 0 Å². The summed E-state index contributed by atoms with van der Waals surface area (Å²) >= 11 is 0. The van der Waals surface area contributed by atoms with E-state index in [1.54, 1.807) is 13.1 Å². The van der Waals surface area contributed by atoms with Crippen LogP contribution in [0.25, 0.3) is 10.9 Å². The average Bonchev–Trinajstić information content (AvgIpc) is 3.06. The minimum absolute atomic E-state index is 0.123. The van der Waals surface area contributed by atoms with Gasteiger partial charge >= 0.3 is 0 Å². The summed E-state index contributed by atoms with van der Waals surface area (Å²) in [6, 6.07) is 7.91. The lowest BCUT2D eigenvalue weighted by atomic mass is 10.2. The fourth-order valence-electron chi connectivity index (χ4n) is 2.36. The Balaban J connectivity index is 1.60. The fourth-order valence-corrected chi connectivity index (χ4v) is 2.36. The molecule has 0 aliphatic carbocycles. The predicted octanol–water partition coefficient (Wildman–Crippen LogP) is 1.77. The van der Waals surface area contributed by atoms with Gasteiger partial charge in [0.1, 0.15) is 0 Å². The molecule has 2 N–H and O–H groups in total. The first-order chi connectivity index (χ1) is 10.2. The molecule has 1 aliphatic rings. The number of fused-ring (bicyclic) bond motifs is 1. The number of hydrazone groups is 1. The Morgan fingerprint density at radius 3 is 3.00 bits per heavy atom. The van der Waals surface area contributed by atoms with E-state index in [0.29, 0.717) is 13.2 Å². The van der Waals surface area contributed by atoms with Crippen molar-refractivity contribution in [2.45, 2.75) is 19.1 Å². The first-order valence-corrected chi connectivity index (χ1v) is 6.82. The molecule has 21 heavy (non-hydrogen) atoms. The van der Waals surface area contributed by atoms with E-state index in [1.165, 1.54) is 0 Å². The molecule has 0 spiro atoms. The lowest BCUT2D eigenvalue weighted by molar-refractivity contribution is -0.159. The second-order valence-electron chi connectivity index (χ2n) is 5.09. The van der Waals surface area contributed by atoms with Gasteiger partial charge in [-0.25, -0.2) is 5.43 Å². The van der Waals surface area contributed by atoms with Gasteiger partial charge in [0.15, 0.2) is 5.79 Å². The van der Waals surface area contributed by atoms with Gasteiger partial charge in [0.2, 0.25) is 5.91 Å². The quantitative estimate of drug-likeness (QED) is 0.664. The number of ether oxygens (including phenoxy) is 2. The number of aromatic nitrogens is 1. The van der Waals surface area contributed by atoms with Crippen molar-refractivity contribution < 1.29 is 14.3 Å². The van der Waals surface area contributed by atoms with E-state index in [4.69, 9.17) is 9.47 Å². The van der Waals surface area contributed by atoms with Crippen LogP contribution in [0.15, 0.2) is 35.6 Å². The van der Waals surface area contributed by atoms with Crippen LogP contribution >= 0.6 is 0 Å². The highest BCUT2D eigenvalue weighted by molar-refractivity contribution is 5.99. The number of amides is 1. The van der Waals surface area contributed by atoms with E-state index < -0.39 is 5.79 Å². The molecular formula is C15H17N3O3. The van der Waals surface area contributed by atoms with E-state index in [2.05, 4.69) is 15.5 Å². The largest absolute Gasteiger partial charge is 0.361 e. The molecule has 1 saturated heterocycles. The van der Waals surface area contributed by atoms with Crippen LogP contribution in [-0.2, 0) is 14.3 Å². The number of para-hydroxylation sites is 1. The van der Waals surface area contributed by atoms with Gasteiger partial charge in [0.25, 0.3) is 0 Å². The van der Waals surface area contributed by atoms with E-state index in [-0.39, 0.29) is 12.3 Å². The summed E-state index contributed by atoms with van der Waals surface area (Å²) in [5.41, 5.74) is 4.45. The third-order valence-corrected chi connectivity index (χ3v) is 3.39. The lowest BCUT2D eigenvalue weighted by Crippen LogP contribution is -2.33.